The monoisotopic (exact) mass is 267 g/mol. The summed E-state index contributed by atoms with van der Waals surface area (Å²) in [7, 11) is 0. The van der Waals surface area contributed by atoms with Crippen molar-refractivity contribution < 1.29 is 10.0 Å². The molecule has 0 aliphatic carbocycles. The first-order valence-electron chi connectivity index (χ1n) is 6.24. The quantitative estimate of drug-likeness (QED) is 0.564. The van der Waals surface area contributed by atoms with Gasteiger partial charge in [-0.15, -0.1) is 0 Å². The third-order valence-electron chi connectivity index (χ3n) is 3.09. The van der Waals surface area contributed by atoms with Gasteiger partial charge in [0.15, 0.2) is 0 Å². The highest BCUT2D eigenvalue weighted by Crippen LogP contribution is 2.21. The zero-order valence-corrected chi connectivity index (χ0v) is 10.7. The number of aromatic nitrogens is 2. The second-order valence-corrected chi connectivity index (χ2v) is 4.40. The van der Waals surface area contributed by atoms with E-state index in [-0.39, 0.29) is 6.42 Å². The fourth-order valence-electron chi connectivity index (χ4n) is 2.24. The molecule has 5 nitrogen and oxygen atoms in total. The molecule has 0 atom stereocenters. The smallest absolute Gasteiger partial charge is 0.250 e. The van der Waals surface area contributed by atoms with Crippen LogP contribution in [0.1, 0.15) is 5.82 Å². The lowest BCUT2D eigenvalue weighted by molar-refractivity contribution is -0.128. The van der Waals surface area contributed by atoms with Crippen LogP contribution in [0.5, 0.6) is 0 Å². The number of hydrogen-bond donors (Lipinski definition) is 2. The van der Waals surface area contributed by atoms with Crippen molar-refractivity contribution in [1.29, 1.82) is 0 Å². The number of carbonyl (C=O) groups is 1. The molecular weight excluding hydrogens is 254 g/mol. The fraction of sp³-hybridized carbons (Fsp3) is 0.0667. The number of rotatable bonds is 3. The first kappa shape index (κ1) is 12.4. The van der Waals surface area contributed by atoms with Gasteiger partial charge >= 0.3 is 0 Å². The second kappa shape index (κ2) is 5.14. The number of nitrogens with one attached hydrogen (secondary N) is 1. The molecule has 2 N–H and O–H groups in total. The van der Waals surface area contributed by atoms with Crippen LogP contribution in [0.4, 0.5) is 0 Å². The van der Waals surface area contributed by atoms with Crippen LogP contribution in [0, 0.1) is 0 Å². The van der Waals surface area contributed by atoms with Crippen LogP contribution in [-0.2, 0) is 11.2 Å². The average molecular weight is 267 g/mol. The Balaban J connectivity index is 2.21. The number of imidazole rings is 1. The summed E-state index contributed by atoms with van der Waals surface area (Å²) in [6.45, 7) is 0. The van der Waals surface area contributed by atoms with Crippen LogP contribution >= 0.6 is 0 Å². The number of hydrogen-bond acceptors (Lipinski definition) is 3. The normalized spacial score (nSPS) is 10.7. The number of benzene rings is 2. The van der Waals surface area contributed by atoms with E-state index in [0.717, 1.165) is 16.7 Å². The van der Waals surface area contributed by atoms with Gasteiger partial charge in [-0.2, -0.15) is 0 Å². The number of hydroxylamine groups is 1. The summed E-state index contributed by atoms with van der Waals surface area (Å²) in [6, 6.07) is 17.4. The first-order chi connectivity index (χ1) is 9.79. The van der Waals surface area contributed by atoms with E-state index >= 15 is 0 Å². The predicted octanol–water partition coefficient (Wildman–Crippen LogP) is 2.07. The van der Waals surface area contributed by atoms with Crippen LogP contribution in [0.2, 0.25) is 0 Å². The molecule has 5 heteroatoms. The summed E-state index contributed by atoms with van der Waals surface area (Å²) in [5.41, 5.74) is 4.32. The van der Waals surface area contributed by atoms with Crippen molar-refractivity contribution in [2.24, 2.45) is 0 Å². The lowest BCUT2D eigenvalue weighted by Gasteiger charge is -2.08. The predicted molar refractivity (Wildman–Crippen MR) is 74.7 cm³/mol. The molecule has 0 aliphatic rings. The van der Waals surface area contributed by atoms with Gasteiger partial charge < -0.3 is 0 Å². The third-order valence-corrected chi connectivity index (χ3v) is 3.09. The van der Waals surface area contributed by atoms with Gasteiger partial charge in [0.05, 0.1) is 17.5 Å². The lowest BCUT2D eigenvalue weighted by atomic mass is 10.2. The Morgan fingerprint density at radius 2 is 1.80 bits per heavy atom. The zero-order valence-electron chi connectivity index (χ0n) is 10.7. The Morgan fingerprint density at radius 3 is 2.55 bits per heavy atom. The van der Waals surface area contributed by atoms with Crippen LogP contribution in [-0.4, -0.2) is 20.7 Å². The van der Waals surface area contributed by atoms with Crippen LogP contribution in [0.15, 0.2) is 54.6 Å². The first-order valence-corrected chi connectivity index (χ1v) is 6.24. The van der Waals surface area contributed by atoms with Crippen molar-refractivity contribution >= 4 is 16.9 Å². The topological polar surface area (TPSA) is 67.2 Å². The number of carbonyl (C=O) groups excluding carboxylic acids is 1. The van der Waals surface area contributed by atoms with Gasteiger partial charge in [0.25, 0.3) is 5.91 Å². The van der Waals surface area contributed by atoms with Crippen molar-refractivity contribution in [1.82, 2.24) is 15.0 Å². The number of fused-ring (bicyclic) bond motifs is 1. The van der Waals surface area contributed by atoms with Gasteiger partial charge in [-0.1, -0.05) is 30.3 Å². The highest BCUT2D eigenvalue weighted by Gasteiger charge is 2.14. The Labute approximate surface area is 115 Å². The highest BCUT2D eigenvalue weighted by molar-refractivity contribution is 5.82. The molecular formula is C15H13N3O2. The van der Waals surface area contributed by atoms with Crippen molar-refractivity contribution in [2.45, 2.75) is 6.42 Å². The van der Waals surface area contributed by atoms with Crippen LogP contribution in [0.25, 0.3) is 16.7 Å². The summed E-state index contributed by atoms with van der Waals surface area (Å²) in [5.74, 6) is 0.0986. The Hall–Kier alpha value is -2.66. The Morgan fingerprint density at radius 1 is 1.10 bits per heavy atom. The summed E-state index contributed by atoms with van der Waals surface area (Å²) >= 11 is 0. The minimum atomic E-state index is -0.488. The lowest BCUT2D eigenvalue weighted by Crippen LogP contribution is -2.22. The van der Waals surface area contributed by atoms with Gasteiger partial charge in [0.2, 0.25) is 0 Å². The minimum Gasteiger partial charge on any atom is -0.296 e. The summed E-state index contributed by atoms with van der Waals surface area (Å²) in [6.07, 6.45) is 0.0140. The van der Waals surface area contributed by atoms with Crippen molar-refractivity contribution in [3.63, 3.8) is 0 Å². The van der Waals surface area contributed by atoms with E-state index in [2.05, 4.69) is 4.98 Å². The van der Waals surface area contributed by atoms with Gasteiger partial charge in [-0.25, -0.2) is 10.5 Å². The molecule has 0 spiro atoms. The van der Waals surface area contributed by atoms with E-state index in [1.807, 2.05) is 59.2 Å². The molecule has 100 valence electrons. The molecule has 3 rings (SSSR count). The summed E-state index contributed by atoms with van der Waals surface area (Å²) < 4.78 is 1.92. The van der Waals surface area contributed by atoms with Gasteiger partial charge in [-0.05, 0) is 24.3 Å². The molecule has 3 aromatic rings. The van der Waals surface area contributed by atoms with E-state index in [1.54, 1.807) is 5.48 Å². The maximum Gasteiger partial charge on any atom is 0.250 e. The van der Waals surface area contributed by atoms with E-state index < -0.39 is 5.91 Å². The largest absolute Gasteiger partial charge is 0.296 e. The van der Waals surface area contributed by atoms with Gasteiger partial charge in [0.1, 0.15) is 5.82 Å². The Bertz CT molecular complexity index is 750. The van der Waals surface area contributed by atoms with Crippen LogP contribution < -0.4 is 5.48 Å². The molecule has 0 fully saturated rings. The van der Waals surface area contributed by atoms with E-state index in [0.29, 0.717) is 5.82 Å². The summed E-state index contributed by atoms with van der Waals surface area (Å²) in [4.78, 5) is 15.9. The van der Waals surface area contributed by atoms with Crippen molar-refractivity contribution in [3.05, 3.63) is 60.4 Å². The average Bonchev–Trinajstić information content (AvgIpc) is 2.85. The Kier molecular flexibility index (Phi) is 3.18. The number of amides is 1. The van der Waals surface area contributed by atoms with E-state index in [4.69, 9.17) is 5.21 Å². The molecule has 0 bridgehead atoms. The molecule has 2 aromatic carbocycles. The number of nitrogens with zero attached hydrogens (tertiary/aromatic N) is 2. The molecule has 1 heterocycles. The maximum absolute atomic E-state index is 11.4. The third kappa shape index (κ3) is 2.15. The standard InChI is InChI=1S/C15H13N3O2/c19-15(17-20)10-14-16-12-8-4-5-9-13(12)18(14)11-6-2-1-3-7-11/h1-9,20H,10H2,(H,17,19). The fourth-order valence-corrected chi connectivity index (χ4v) is 2.24. The molecule has 20 heavy (non-hydrogen) atoms. The molecule has 1 aromatic heterocycles. The molecule has 0 saturated carbocycles. The second-order valence-electron chi connectivity index (χ2n) is 4.40. The molecule has 1 amide bonds. The summed E-state index contributed by atoms with van der Waals surface area (Å²) in [5, 5.41) is 8.70. The van der Waals surface area contributed by atoms with Crippen LogP contribution in [0.3, 0.4) is 0 Å². The van der Waals surface area contributed by atoms with E-state index in [9.17, 15) is 4.79 Å². The molecule has 0 saturated heterocycles. The molecule has 0 radical (unpaired) electrons. The molecule has 0 unspecified atom stereocenters. The van der Waals surface area contributed by atoms with E-state index in [1.165, 1.54) is 0 Å². The SMILES string of the molecule is O=C(Cc1nc2ccccc2n1-c1ccccc1)NO. The number of para-hydroxylation sites is 3. The molecule has 0 aliphatic heterocycles. The van der Waals surface area contributed by atoms with Crippen molar-refractivity contribution in [2.75, 3.05) is 0 Å². The zero-order chi connectivity index (χ0) is 13.9. The maximum atomic E-state index is 11.4. The van der Waals surface area contributed by atoms with Gasteiger partial charge in [-0.3, -0.25) is 14.6 Å². The minimum absolute atomic E-state index is 0.0140. The highest BCUT2D eigenvalue weighted by atomic mass is 16.5. The van der Waals surface area contributed by atoms with Gasteiger partial charge in [0, 0.05) is 5.69 Å². The van der Waals surface area contributed by atoms with Crippen molar-refractivity contribution in [3.8, 4) is 5.69 Å².